The first-order valence-corrected chi connectivity index (χ1v) is 7.20. The maximum Gasteiger partial charge on any atom is 0.137 e. The van der Waals surface area contributed by atoms with Gasteiger partial charge in [-0.2, -0.15) is 5.26 Å². The Morgan fingerprint density at radius 1 is 1.10 bits per heavy atom. The Balaban J connectivity index is 1.75. The molecule has 2 rings (SSSR count). The van der Waals surface area contributed by atoms with Crippen LogP contribution in [0.3, 0.4) is 0 Å². The molecule has 0 aliphatic rings. The first-order chi connectivity index (χ1) is 10.2. The van der Waals surface area contributed by atoms with E-state index in [-0.39, 0.29) is 5.82 Å². The molecule has 5 heteroatoms. The Kier molecular flexibility index (Phi) is 5.59. The molecule has 108 valence electrons. The van der Waals surface area contributed by atoms with Gasteiger partial charge in [-0.3, -0.25) is 0 Å². The van der Waals surface area contributed by atoms with Crippen LogP contribution in [0, 0.1) is 17.1 Å². The molecule has 21 heavy (non-hydrogen) atoms. The second-order valence-electron chi connectivity index (χ2n) is 4.23. The summed E-state index contributed by atoms with van der Waals surface area (Å²) in [6.07, 6.45) is 0.661. The van der Waals surface area contributed by atoms with Crippen LogP contribution in [-0.2, 0) is 0 Å². The smallest absolute Gasteiger partial charge is 0.137 e. The van der Waals surface area contributed by atoms with Gasteiger partial charge in [-0.25, -0.2) is 4.39 Å². The number of para-hydroxylation sites is 1. The molecule has 0 atom stereocenters. The predicted molar refractivity (Wildman–Crippen MR) is 80.9 cm³/mol. The molecule has 0 aliphatic heterocycles. The molecule has 0 unspecified atom stereocenters. The highest BCUT2D eigenvalue weighted by Crippen LogP contribution is 2.22. The van der Waals surface area contributed by atoms with E-state index in [0.717, 1.165) is 0 Å². The largest absolute Gasteiger partial charge is 0.493 e. The van der Waals surface area contributed by atoms with Crippen molar-refractivity contribution in [2.45, 2.75) is 6.42 Å². The third-order valence-electron chi connectivity index (χ3n) is 2.71. The van der Waals surface area contributed by atoms with Crippen LogP contribution in [0.1, 0.15) is 12.0 Å². The summed E-state index contributed by atoms with van der Waals surface area (Å²) in [6, 6.07) is 13.7. The minimum atomic E-state index is -0.321. The summed E-state index contributed by atoms with van der Waals surface area (Å²) in [4.78, 5) is 0. The van der Waals surface area contributed by atoms with Gasteiger partial charge in [-0.05, 0) is 46.3 Å². The molecule has 2 aromatic carbocycles. The summed E-state index contributed by atoms with van der Waals surface area (Å²) in [6.45, 7) is 0.897. The molecular formula is C16H13BrFNO2. The lowest BCUT2D eigenvalue weighted by atomic mass is 10.2. The number of benzene rings is 2. The summed E-state index contributed by atoms with van der Waals surface area (Å²) in [5.74, 6) is 0.851. The lowest BCUT2D eigenvalue weighted by Crippen LogP contribution is -2.05. The Bertz CT molecular complexity index is 655. The molecule has 0 heterocycles. The number of nitriles is 1. The minimum absolute atomic E-state index is 0.321. The van der Waals surface area contributed by atoms with Crippen molar-refractivity contribution in [1.82, 2.24) is 0 Å². The molecule has 0 bridgehead atoms. The highest BCUT2D eigenvalue weighted by Gasteiger charge is 2.03. The fourth-order valence-corrected chi connectivity index (χ4v) is 2.04. The Labute approximate surface area is 131 Å². The van der Waals surface area contributed by atoms with Crippen molar-refractivity contribution in [2.75, 3.05) is 13.2 Å². The van der Waals surface area contributed by atoms with Crippen LogP contribution in [0.5, 0.6) is 11.5 Å². The Morgan fingerprint density at radius 2 is 1.86 bits per heavy atom. The van der Waals surface area contributed by atoms with Gasteiger partial charge < -0.3 is 9.47 Å². The first kappa shape index (κ1) is 15.3. The topological polar surface area (TPSA) is 42.2 Å². The number of nitrogens with zero attached hydrogens (tertiary/aromatic N) is 1. The van der Waals surface area contributed by atoms with Crippen LogP contribution in [0.2, 0.25) is 0 Å². The average Bonchev–Trinajstić information content (AvgIpc) is 2.51. The molecule has 3 nitrogen and oxygen atoms in total. The van der Waals surface area contributed by atoms with Crippen molar-refractivity contribution in [3.05, 3.63) is 58.3 Å². The van der Waals surface area contributed by atoms with Gasteiger partial charge in [0.25, 0.3) is 0 Å². The Morgan fingerprint density at radius 3 is 2.62 bits per heavy atom. The summed E-state index contributed by atoms with van der Waals surface area (Å²) in [5, 5.41) is 8.93. The zero-order valence-electron chi connectivity index (χ0n) is 11.2. The van der Waals surface area contributed by atoms with Crippen molar-refractivity contribution in [2.24, 2.45) is 0 Å². The summed E-state index contributed by atoms with van der Waals surface area (Å²) >= 11 is 3.10. The molecule has 0 aromatic heterocycles. The van der Waals surface area contributed by atoms with Gasteiger partial charge in [0.05, 0.1) is 23.2 Å². The van der Waals surface area contributed by atoms with Crippen molar-refractivity contribution in [3.63, 3.8) is 0 Å². The zero-order valence-corrected chi connectivity index (χ0v) is 12.8. The quantitative estimate of drug-likeness (QED) is 0.729. The molecule has 0 radical (unpaired) electrons. The van der Waals surface area contributed by atoms with Crippen LogP contribution in [0.25, 0.3) is 0 Å². The van der Waals surface area contributed by atoms with E-state index < -0.39 is 0 Å². The van der Waals surface area contributed by atoms with Gasteiger partial charge in [0.2, 0.25) is 0 Å². The van der Waals surface area contributed by atoms with E-state index in [0.29, 0.717) is 41.2 Å². The predicted octanol–water partition coefficient (Wildman–Crippen LogP) is 4.31. The van der Waals surface area contributed by atoms with Gasteiger partial charge >= 0.3 is 0 Å². The van der Waals surface area contributed by atoms with E-state index in [4.69, 9.17) is 14.7 Å². The van der Waals surface area contributed by atoms with E-state index in [1.165, 1.54) is 6.07 Å². The second-order valence-corrected chi connectivity index (χ2v) is 5.09. The third-order valence-corrected chi connectivity index (χ3v) is 3.32. The molecule has 0 saturated carbocycles. The third kappa shape index (κ3) is 4.47. The zero-order chi connectivity index (χ0) is 15.1. The Hall–Kier alpha value is -2.06. The lowest BCUT2D eigenvalue weighted by Gasteiger charge is -2.09. The minimum Gasteiger partial charge on any atom is -0.493 e. The van der Waals surface area contributed by atoms with Gasteiger partial charge in [-0.15, -0.1) is 0 Å². The number of rotatable bonds is 6. The maximum absolute atomic E-state index is 13.1. The molecular weight excluding hydrogens is 337 g/mol. The van der Waals surface area contributed by atoms with E-state index in [1.54, 1.807) is 30.3 Å². The number of halogens is 2. The van der Waals surface area contributed by atoms with Crippen LogP contribution in [0.15, 0.2) is 46.9 Å². The number of hydrogen-bond acceptors (Lipinski definition) is 3. The fraction of sp³-hybridized carbons (Fsp3) is 0.188. The summed E-state index contributed by atoms with van der Waals surface area (Å²) in [7, 11) is 0. The highest BCUT2D eigenvalue weighted by atomic mass is 79.9. The van der Waals surface area contributed by atoms with E-state index >= 15 is 0 Å². The molecule has 0 aliphatic carbocycles. The molecule has 2 aromatic rings. The molecule has 0 N–H and O–H groups in total. The van der Waals surface area contributed by atoms with Gasteiger partial charge in [-0.1, -0.05) is 12.1 Å². The first-order valence-electron chi connectivity index (χ1n) is 6.40. The highest BCUT2D eigenvalue weighted by molar-refractivity contribution is 9.10. The average molecular weight is 350 g/mol. The second kappa shape index (κ2) is 7.65. The number of hydrogen-bond donors (Lipinski definition) is 0. The van der Waals surface area contributed by atoms with Gasteiger partial charge in [0.15, 0.2) is 0 Å². The van der Waals surface area contributed by atoms with Crippen LogP contribution < -0.4 is 9.47 Å². The van der Waals surface area contributed by atoms with E-state index in [1.807, 2.05) is 6.07 Å². The molecule has 0 amide bonds. The molecule has 0 fully saturated rings. The van der Waals surface area contributed by atoms with Crippen molar-refractivity contribution < 1.29 is 13.9 Å². The van der Waals surface area contributed by atoms with E-state index in [2.05, 4.69) is 22.0 Å². The summed E-state index contributed by atoms with van der Waals surface area (Å²) in [5.41, 5.74) is 0.515. The molecule has 0 spiro atoms. The lowest BCUT2D eigenvalue weighted by molar-refractivity contribution is 0.247. The van der Waals surface area contributed by atoms with Crippen LogP contribution >= 0.6 is 15.9 Å². The van der Waals surface area contributed by atoms with Crippen LogP contribution in [0.4, 0.5) is 4.39 Å². The SMILES string of the molecule is N#Cc1ccccc1OCCCOc1ccc(F)c(Br)c1. The number of ether oxygens (including phenoxy) is 2. The maximum atomic E-state index is 13.1. The van der Waals surface area contributed by atoms with Crippen molar-refractivity contribution >= 4 is 15.9 Å². The normalized spacial score (nSPS) is 9.95. The van der Waals surface area contributed by atoms with Crippen molar-refractivity contribution in [3.8, 4) is 17.6 Å². The van der Waals surface area contributed by atoms with Crippen molar-refractivity contribution in [1.29, 1.82) is 5.26 Å². The van der Waals surface area contributed by atoms with Crippen LogP contribution in [-0.4, -0.2) is 13.2 Å². The van der Waals surface area contributed by atoms with E-state index in [9.17, 15) is 4.39 Å². The fourth-order valence-electron chi connectivity index (χ4n) is 1.68. The monoisotopic (exact) mass is 349 g/mol. The molecule has 0 saturated heterocycles. The summed E-state index contributed by atoms with van der Waals surface area (Å²) < 4.78 is 24.5. The van der Waals surface area contributed by atoms with Gasteiger partial charge in [0.1, 0.15) is 23.4 Å². The van der Waals surface area contributed by atoms with Gasteiger partial charge in [0, 0.05) is 6.42 Å². The standard InChI is InChI=1S/C16H13BrFNO2/c17-14-10-13(6-7-15(14)18)20-8-3-9-21-16-5-2-1-4-12(16)11-19/h1-2,4-7,10H,3,8-9H2.